The van der Waals surface area contributed by atoms with Gasteiger partial charge in [0.05, 0.1) is 26.4 Å². The molecule has 0 aromatic carbocycles. The highest BCUT2D eigenvalue weighted by atomic mass is 16.5. The lowest BCUT2D eigenvalue weighted by atomic mass is 10.5. The number of ether oxygens (including phenoxy) is 2. The second-order valence-corrected chi connectivity index (χ2v) is 1.73. The first-order chi connectivity index (χ1) is 4.91. The van der Waals surface area contributed by atoms with Crippen LogP contribution in [0.3, 0.4) is 0 Å². The summed E-state index contributed by atoms with van der Waals surface area (Å²) in [6.45, 7) is 1.64. The van der Waals surface area contributed by atoms with Crippen LogP contribution in [0.15, 0.2) is 12.2 Å². The van der Waals surface area contributed by atoms with E-state index in [4.69, 9.17) is 14.6 Å². The van der Waals surface area contributed by atoms with Gasteiger partial charge in [-0.05, 0) is 0 Å². The Morgan fingerprint density at radius 3 is 2.60 bits per heavy atom. The van der Waals surface area contributed by atoms with Gasteiger partial charge in [-0.1, -0.05) is 12.2 Å². The molecule has 0 aliphatic heterocycles. The van der Waals surface area contributed by atoms with Crippen molar-refractivity contribution in [2.45, 2.75) is 0 Å². The molecule has 3 heteroatoms. The van der Waals surface area contributed by atoms with Crippen LogP contribution in [0.1, 0.15) is 0 Å². The summed E-state index contributed by atoms with van der Waals surface area (Å²) in [5.74, 6) is 0. The van der Waals surface area contributed by atoms with Crippen molar-refractivity contribution in [2.75, 3.05) is 33.5 Å². The maximum absolute atomic E-state index is 8.30. The first kappa shape index (κ1) is 9.62. The zero-order valence-electron chi connectivity index (χ0n) is 6.25. The summed E-state index contributed by atoms with van der Waals surface area (Å²) in [6.07, 6.45) is 3.73. The highest BCUT2D eigenvalue weighted by molar-refractivity contribution is 4.80. The van der Waals surface area contributed by atoms with Crippen molar-refractivity contribution in [1.29, 1.82) is 0 Å². The predicted molar refractivity (Wildman–Crippen MR) is 38.9 cm³/mol. The van der Waals surface area contributed by atoms with Crippen LogP contribution >= 0.6 is 0 Å². The van der Waals surface area contributed by atoms with Gasteiger partial charge in [-0.3, -0.25) is 0 Å². The maximum Gasteiger partial charge on any atom is 0.0701 e. The van der Waals surface area contributed by atoms with Gasteiger partial charge in [-0.15, -0.1) is 0 Å². The molecule has 3 nitrogen and oxygen atoms in total. The molecule has 0 atom stereocenters. The van der Waals surface area contributed by atoms with Crippen molar-refractivity contribution < 1.29 is 14.6 Å². The van der Waals surface area contributed by atoms with Crippen molar-refractivity contribution in [3.05, 3.63) is 12.2 Å². The summed E-state index contributed by atoms with van der Waals surface area (Å²) < 4.78 is 9.69. The molecule has 0 heterocycles. The van der Waals surface area contributed by atoms with Crippen molar-refractivity contribution >= 4 is 0 Å². The van der Waals surface area contributed by atoms with Crippen molar-refractivity contribution in [3.8, 4) is 0 Å². The van der Waals surface area contributed by atoms with Gasteiger partial charge in [0.15, 0.2) is 0 Å². The van der Waals surface area contributed by atoms with Gasteiger partial charge >= 0.3 is 0 Å². The van der Waals surface area contributed by atoms with Gasteiger partial charge in [-0.2, -0.15) is 0 Å². The number of aliphatic hydroxyl groups is 1. The Balaban J connectivity index is 2.88. The van der Waals surface area contributed by atoms with E-state index in [0.717, 1.165) is 0 Å². The Hall–Kier alpha value is -0.380. The van der Waals surface area contributed by atoms with Crippen LogP contribution in [-0.2, 0) is 9.47 Å². The van der Waals surface area contributed by atoms with Crippen LogP contribution in [-0.4, -0.2) is 38.6 Å². The molecule has 0 radical (unpaired) electrons. The summed E-state index contributed by atoms with van der Waals surface area (Å²) in [7, 11) is 1.64. The van der Waals surface area contributed by atoms with Crippen LogP contribution in [0.5, 0.6) is 0 Å². The van der Waals surface area contributed by atoms with E-state index >= 15 is 0 Å². The minimum absolute atomic E-state index is 0.0815. The highest BCUT2D eigenvalue weighted by Crippen LogP contribution is 1.77. The fourth-order valence-corrected chi connectivity index (χ4v) is 0.448. The average molecular weight is 146 g/mol. The largest absolute Gasteiger partial charge is 0.394 e. The molecule has 0 aromatic rings. The molecule has 0 bridgehead atoms. The normalized spacial score (nSPS) is 11.0. The Morgan fingerprint density at radius 1 is 1.30 bits per heavy atom. The molecule has 0 amide bonds. The van der Waals surface area contributed by atoms with E-state index in [2.05, 4.69) is 0 Å². The fraction of sp³-hybridized carbons (Fsp3) is 0.714. The van der Waals surface area contributed by atoms with Gasteiger partial charge in [0.2, 0.25) is 0 Å². The topological polar surface area (TPSA) is 38.7 Å². The number of aliphatic hydroxyl groups excluding tert-OH is 1. The summed E-state index contributed by atoms with van der Waals surface area (Å²) in [6, 6.07) is 0. The lowest BCUT2D eigenvalue weighted by molar-refractivity contribution is 0.111. The van der Waals surface area contributed by atoms with E-state index in [9.17, 15) is 0 Å². The minimum atomic E-state index is 0.0815. The molecule has 0 unspecified atom stereocenters. The van der Waals surface area contributed by atoms with Gasteiger partial charge in [0, 0.05) is 7.11 Å². The average Bonchev–Trinajstić information content (AvgIpc) is 1.97. The molecule has 60 valence electrons. The number of methoxy groups -OCH3 is 1. The van der Waals surface area contributed by atoms with Crippen LogP contribution in [0.2, 0.25) is 0 Å². The molecular weight excluding hydrogens is 132 g/mol. The zero-order chi connectivity index (χ0) is 7.66. The summed E-state index contributed by atoms with van der Waals surface area (Å²) in [4.78, 5) is 0. The first-order valence-corrected chi connectivity index (χ1v) is 3.24. The van der Waals surface area contributed by atoms with Crippen LogP contribution in [0.25, 0.3) is 0 Å². The third-order valence-corrected chi connectivity index (χ3v) is 0.879. The van der Waals surface area contributed by atoms with Gasteiger partial charge in [0.25, 0.3) is 0 Å². The number of hydrogen-bond donors (Lipinski definition) is 1. The van der Waals surface area contributed by atoms with Crippen LogP contribution in [0, 0.1) is 0 Å². The quantitative estimate of drug-likeness (QED) is 0.429. The molecule has 0 fully saturated rings. The first-order valence-electron chi connectivity index (χ1n) is 3.24. The summed E-state index contributed by atoms with van der Waals surface area (Å²) in [5.41, 5.74) is 0. The zero-order valence-corrected chi connectivity index (χ0v) is 6.25. The minimum Gasteiger partial charge on any atom is -0.394 e. The van der Waals surface area contributed by atoms with Gasteiger partial charge in [-0.25, -0.2) is 0 Å². The Labute approximate surface area is 61.3 Å². The summed E-state index contributed by atoms with van der Waals surface area (Å²) >= 11 is 0. The predicted octanol–water partition coefficient (Wildman–Crippen LogP) is 0.198. The molecule has 0 saturated carbocycles. The molecule has 10 heavy (non-hydrogen) atoms. The Morgan fingerprint density at radius 2 is 2.00 bits per heavy atom. The monoisotopic (exact) mass is 146 g/mol. The van der Waals surface area contributed by atoms with Crippen molar-refractivity contribution in [1.82, 2.24) is 0 Å². The smallest absolute Gasteiger partial charge is 0.0701 e. The van der Waals surface area contributed by atoms with E-state index < -0.39 is 0 Å². The molecule has 0 aliphatic carbocycles. The molecular formula is C7H14O3. The Bertz CT molecular complexity index is 80.9. The summed E-state index contributed by atoms with van der Waals surface area (Å²) in [5, 5.41) is 8.30. The third-order valence-electron chi connectivity index (χ3n) is 0.879. The molecule has 0 spiro atoms. The fourth-order valence-electron chi connectivity index (χ4n) is 0.448. The molecule has 0 aliphatic rings. The second kappa shape index (κ2) is 8.62. The second-order valence-electron chi connectivity index (χ2n) is 1.73. The van der Waals surface area contributed by atoms with Crippen LogP contribution in [0.4, 0.5) is 0 Å². The van der Waals surface area contributed by atoms with E-state index in [1.165, 1.54) is 0 Å². The van der Waals surface area contributed by atoms with Gasteiger partial charge < -0.3 is 14.6 Å². The lowest BCUT2D eigenvalue weighted by Crippen LogP contribution is -1.98. The number of hydrogen-bond acceptors (Lipinski definition) is 3. The number of rotatable bonds is 6. The Kier molecular flexibility index (Phi) is 8.29. The standard InChI is InChI=1S/C7H14O3/c1-9-5-2-3-6-10-7-4-8/h2-3,8H,4-7H2,1H3. The van der Waals surface area contributed by atoms with E-state index in [1.807, 2.05) is 12.2 Å². The van der Waals surface area contributed by atoms with E-state index in [1.54, 1.807) is 7.11 Å². The lowest BCUT2D eigenvalue weighted by Gasteiger charge is -1.94. The third kappa shape index (κ3) is 7.62. The maximum atomic E-state index is 8.30. The molecule has 0 aromatic heterocycles. The molecule has 0 rings (SSSR count). The molecule has 1 N–H and O–H groups in total. The highest BCUT2D eigenvalue weighted by Gasteiger charge is 1.79. The van der Waals surface area contributed by atoms with E-state index in [-0.39, 0.29) is 6.61 Å². The van der Waals surface area contributed by atoms with Crippen LogP contribution < -0.4 is 0 Å². The van der Waals surface area contributed by atoms with Crippen molar-refractivity contribution in [2.24, 2.45) is 0 Å². The van der Waals surface area contributed by atoms with Crippen molar-refractivity contribution in [3.63, 3.8) is 0 Å². The van der Waals surface area contributed by atoms with E-state index in [0.29, 0.717) is 19.8 Å². The SMILES string of the molecule is COCC=CCOCCO. The van der Waals surface area contributed by atoms with Gasteiger partial charge in [0.1, 0.15) is 0 Å². The molecule has 0 saturated heterocycles.